The number of rotatable bonds is 5. The fourth-order valence-corrected chi connectivity index (χ4v) is 2.90. The zero-order chi connectivity index (χ0) is 14.8. The van der Waals surface area contributed by atoms with Crippen molar-refractivity contribution in [3.63, 3.8) is 0 Å². The molecule has 0 atom stereocenters. The number of benzene rings is 1. The second kappa shape index (κ2) is 5.83. The van der Waals surface area contributed by atoms with Crippen molar-refractivity contribution >= 4 is 21.6 Å². The van der Waals surface area contributed by atoms with E-state index < -0.39 is 20.7 Å². The van der Waals surface area contributed by atoms with Gasteiger partial charge in [0.05, 0.1) is 6.54 Å². The lowest BCUT2D eigenvalue weighted by molar-refractivity contribution is 0.409. The average molecular weight is 321 g/mol. The lowest BCUT2D eigenvalue weighted by atomic mass is 10.2. The van der Waals surface area contributed by atoms with E-state index in [1.54, 1.807) is 0 Å². The molecule has 0 radical (unpaired) electrons. The Labute approximate surface area is 119 Å². The maximum absolute atomic E-state index is 14.0. The highest BCUT2D eigenvalue weighted by Gasteiger charge is 2.22. The molecule has 1 aromatic heterocycles. The first kappa shape index (κ1) is 14.9. The van der Waals surface area contributed by atoms with Crippen molar-refractivity contribution in [1.29, 1.82) is 0 Å². The van der Waals surface area contributed by atoms with Gasteiger partial charge in [0, 0.05) is 17.1 Å². The number of nitrogens with zero attached hydrogens (tertiary/aromatic N) is 2. The van der Waals surface area contributed by atoms with Crippen LogP contribution in [0.4, 0.5) is 4.39 Å². The Bertz CT molecular complexity index is 706. The van der Waals surface area contributed by atoms with Gasteiger partial charge < -0.3 is 10.3 Å². The molecule has 1 aromatic carbocycles. The highest BCUT2D eigenvalue weighted by atomic mass is 35.5. The first-order valence-electron chi connectivity index (χ1n) is 5.37. The molecule has 20 heavy (non-hydrogen) atoms. The standard InChI is InChI=1S/C10H10ClFN4O3S/c11-7-1-6(3-13)10(12)8(2-7)20(17,18)15-4-9-14-5-19-16-9/h1-2,5,15H,3-4,13H2. The van der Waals surface area contributed by atoms with Crippen LogP contribution in [0.1, 0.15) is 11.4 Å². The largest absolute Gasteiger partial charge is 0.343 e. The second-order valence-electron chi connectivity index (χ2n) is 3.75. The van der Waals surface area contributed by atoms with E-state index in [4.69, 9.17) is 17.3 Å². The van der Waals surface area contributed by atoms with Crippen LogP contribution in [0.2, 0.25) is 5.02 Å². The van der Waals surface area contributed by atoms with Gasteiger partial charge >= 0.3 is 0 Å². The van der Waals surface area contributed by atoms with Gasteiger partial charge in [0.1, 0.15) is 10.7 Å². The first-order chi connectivity index (χ1) is 9.44. The summed E-state index contributed by atoms with van der Waals surface area (Å²) in [6.45, 7) is -0.400. The molecule has 2 aromatic rings. The molecular weight excluding hydrogens is 311 g/mol. The highest BCUT2D eigenvalue weighted by Crippen LogP contribution is 2.23. The predicted octanol–water partition coefficient (Wildman–Crippen LogP) is 0.799. The molecule has 0 amide bonds. The van der Waals surface area contributed by atoms with E-state index in [0.29, 0.717) is 0 Å². The van der Waals surface area contributed by atoms with Gasteiger partial charge in [0.25, 0.3) is 0 Å². The number of nitrogens with two attached hydrogens (primary N) is 1. The monoisotopic (exact) mass is 320 g/mol. The molecule has 0 spiro atoms. The lowest BCUT2D eigenvalue weighted by Crippen LogP contribution is -2.25. The summed E-state index contributed by atoms with van der Waals surface area (Å²) in [5.41, 5.74) is 5.35. The maximum atomic E-state index is 14.0. The Morgan fingerprint density at radius 3 is 2.80 bits per heavy atom. The zero-order valence-corrected chi connectivity index (χ0v) is 11.6. The molecule has 3 N–H and O–H groups in total. The summed E-state index contributed by atoms with van der Waals surface area (Å²) in [7, 11) is -4.11. The van der Waals surface area contributed by atoms with Crippen LogP contribution in [-0.2, 0) is 23.1 Å². The van der Waals surface area contributed by atoms with Crippen molar-refractivity contribution < 1.29 is 17.3 Å². The zero-order valence-electron chi connectivity index (χ0n) is 10.0. The van der Waals surface area contributed by atoms with E-state index in [1.807, 2.05) is 0 Å². The van der Waals surface area contributed by atoms with E-state index in [-0.39, 0.29) is 29.5 Å². The van der Waals surface area contributed by atoms with Gasteiger partial charge in [-0.25, -0.2) is 17.5 Å². The third-order valence-corrected chi connectivity index (χ3v) is 4.03. The Morgan fingerprint density at radius 2 is 2.20 bits per heavy atom. The molecule has 0 saturated heterocycles. The minimum absolute atomic E-state index is 0.0115. The minimum atomic E-state index is -4.11. The smallest absolute Gasteiger partial charge is 0.243 e. The van der Waals surface area contributed by atoms with Crippen molar-refractivity contribution in [2.24, 2.45) is 5.73 Å². The predicted molar refractivity (Wildman–Crippen MR) is 67.6 cm³/mol. The molecule has 2 rings (SSSR count). The topological polar surface area (TPSA) is 111 Å². The van der Waals surface area contributed by atoms with Crippen LogP contribution < -0.4 is 10.5 Å². The van der Waals surface area contributed by atoms with Gasteiger partial charge in [0.15, 0.2) is 5.82 Å². The van der Waals surface area contributed by atoms with Crippen LogP contribution >= 0.6 is 11.6 Å². The molecule has 108 valence electrons. The molecule has 0 bridgehead atoms. The summed E-state index contributed by atoms with van der Waals surface area (Å²) in [5, 5.41) is 3.51. The second-order valence-corrected chi connectivity index (χ2v) is 5.92. The highest BCUT2D eigenvalue weighted by molar-refractivity contribution is 7.89. The summed E-state index contributed by atoms with van der Waals surface area (Å²) in [4.78, 5) is 3.07. The molecule has 0 unspecified atom stereocenters. The van der Waals surface area contributed by atoms with E-state index >= 15 is 0 Å². The van der Waals surface area contributed by atoms with Gasteiger partial charge in [-0.05, 0) is 12.1 Å². The van der Waals surface area contributed by atoms with E-state index in [1.165, 1.54) is 6.07 Å². The van der Waals surface area contributed by atoms with Crippen molar-refractivity contribution in [3.8, 4) is 0 Å². The molecule has 0 saturated carbocycles. The Kier molecular flexibility index (Phi) is 4.33. The van der Waals surface area contributed by atoms with Crippen LogP contribution in [0.3, 0.4) is 0 Å². The Morgan fingerprint density at radius 1 is 1.45 bits per heavy atom. The first-order valence-corrected chi connectivity index (χ1v) is 7.23. The minimum Gasteiger partial charge on any atom is -0.343 e. The van der Waals surface area contributed by atoms with E-state index in [0.717, 1.165) is 12.5 Å². The third kappa shape index (κ3) is 3.12. The maximum Gasteiger partial charge on any atom is 0.243 e. The van der Waals surface area contributed by atoms with Crippen molar-refractivity contribution in [1.82, 2.24) is 14.9 Å². The molecule has 0 aliphatic heterocycles. The quantitative estimate of drug-likeness (QED) is 0.843. The molecule has 7 nitrogen and oxygen atoms in total. The van der Waals surface area contributed by atoms with E-state index in [2.05, 4.69) is 19.4 Å². The SMILES string of the molecule is NCc1cc(Cl)cc(S(=O)(=O)NCc2ncon2)c1F. The number of nitrogens with one attached hydrogen (secondary N) is 1. The number of hydrogen-bond acceptors (Lipinski definition) is 6. The van der Waals surface area contributed by atoms with Gasteiger partial charge in [-0.15, -0.1) is 0 Å². The fourth-order valence-electron chi connectivity index (χ4n) is 1.47. The average Bonchev–Trinajstić information content (AvgIpc) is 2.92. The van der Waals surface area contributed by atoms with Gasteiger partial charge in [-0.1, -0.05) is 16.8 Å². The summed E-state index contributed by atoms with van der Waals surface area (Å²) in [6.07, 6.45) is 1.05. The normalized spacial score (nSPS) is 11.8. The van der Waals surface area contributed by atoms with Crippen LogP contribution in [-0.4, -0.2) is 18.6 Å². The molecular formula is C10H10ClFN4O3S. The van der Waals surface area contributed by atoms with Gasteiger partial charge in [0.2, 0.25) is 16.4 Å². The molecule has 10 heteroatoms. The van der Waals surface area contributed by atoms with Crippen LogP contribution in [0.25, 0.3) is 0 Å². The van der Waals surface area contributed by atoms with Crippen LogP contribution in [0.5, 0.6) is 0 Å². The number of sulfonamides is 1. The molecule has 0 fully saturated rings. The molecule has 1 heterocycles. The Balaban J connectivity index is 2.31. The Hall–Kier alpha value is -1.55. The number of halogens is 2. The third-order valence-electron chi connectivity index (χ3n) is 2.42. The molecule has 0 aliphatic rings. The summed E-state index contributed by atoms with van der Waals surface area (Å²) < 4.78 is 44.7. The van der Waals surface area contributed by atoms with Crippen molar-refractivity contribution in [3.05, 3.63) is 40.8 Å². The van der Waals surface area contributed by atoms with Gasteiger partial charge in [-0.3, -0.25) is 0 Å². The number of aromatic nitrogens is 2. The van der Waals surface area contributed by atoms with Crippen LogP contribution in [0, 0.1) is 5.82 Å². The summed E-state index contributed by atoms with van der Waals surface area (Å²) in [6, 6.07) is 2.28. The van der Waals surface area contributed by atoms with Crippen molar-refractivity contribution in [2.75, 3.05) is 0 Å². The van der Waals surface area contributed by atoms with Crippen molar-refractivity contribution in [2.45, 2.75) is 18.0 Å². The number of hydrogen-bond donors (Lipinski definition) is 2. The van der Waals surface area contributed by atoms with Crippen LogP contribution in [0.15, 0.2) is 27.9 Å². The van der Waals surface area contributed by atoms with E-state index in [9.17, 15) is 12.8 Å². The fraction of sp³-hybridized carbons (Fsp3) is 0.200. The summed E-state index contributed by atoms with van der Waals surface area (Å²) >= 11 is 5.75. The summed E-state index contributed by atoms with van der Waals surface area (Å²) in [5.74, 6) is -0.812. The van der Waals surface area contributed by atoms with Gasteiger partial charge in [-0.2, -0.15) is 4.98 Å². The molecule has 0 aliphatic carbocycles. The lowest BCUT2D eigenvalue weighted by Gasteiger charge is -2.09.